The summed E-state index contributed by atoms with van der Waals surface area (Å²) in [5.74, 6) is 1.62. The highest BCUT2D eigenvalue weighted by atomic mass is 79.9. The maximum Gasteiger partial charge on any atom is 0.127 e. The van der Waals surface area contributed by atoms with Crippen LogP contribution >= 0.6 is 31.9 Å². The predicted octanol–water partition coefficient (Wildman–Crippen LogP) is 4.64. The van der Waals surface area contributed by atoms with Crippen LogP contribution in [0.4, 0.5) is 0 Å². The lowest BCUT2D eigenvalue weighted by Gasteiger charge is -2.24. The quantitative estimate of drug-likeness (QED) is 0.701. The molecule has 19 heavy (non-hydrogen) atoms. The Hall–Kier alpha value is -0.0600. The lowest BCUT2D eigenvalue weighted by atomic mass is 9.90. The van der Waals surface area contributed by atoms with Crippen LogP contribution in [0.5, 0.6) is 5.75 Å². The zero-order chi connectivity index (χ0) is 13.4. The van der Waals surface area contributed by atoms with E-state index in [0.29, 0.717) is 16.8 Å². The first-order chi connectivity index (χ1) is 9.20. The van der Waals surface area contributed by atoms with Gasteiger partial charge in [-0.05, 0) is 30.5 Å². The molecule has 0 saturated carbocycles. The summed E-state index contributed by atoms with van der Waals surface area (Å²) < 4.78 is 12.8. The molecule has 1 aromatic carbocycles. The molecule has 0 N–H and O–H groups in total. The summed E-state index contributed by atoms with van der Waals surface area (Å²) >= 11 is 7.52. The Morgan fingerprint density at radius 3 is 3.00 bits per heavy atom. The largest absolute Gasteiger partial charge is 0.493 e. The molecule has 4 heteroatoms. The van der Waals surface area contributed by atoms with Crippen molar-refractivity contribution in [3.63, 3.8) is 0 Å². The lowest BCUT2D eigenvalue weighted by molar-refractivity contribution is 0.0871. The smallest absolute Gasteiger partial charge is 0.127 e. The fourth-order valence-corrected chi connectivity index (χ4v) is 4.62. The SMILES string of the molecule is CCC1OCCC1C(Br)c1cc(Br)cc2c1OCC2. The summed E-state index contributed by atoms with van der Waals surface area (Å²) in [6.07, 6.45) is 3.57. The topological polar surface area (TPSA) is 18.5 Å². The lowest BCUT2D eigenvalue weighted by Crippen LogP contribution is -2.19. The van der Waals surface area contributed by atoms with Gasteiger partial charge in [-0.1, -0.05) is 38.8 Å². The van der Waals surface area contributed by atoms with Crippen molar-refractivity contribution in [3.8, 4) is 5.75 Å². The molecule has 0 bridgehead atoms. The van der Waals surface area contributed by atoms with Crippen LogP contribution < -0.4 is 4.74 Å². The Labute approximate surface area is 131 Å². The Balaban J connectivity index is 1.93. The molecular weight excluding hydrogens is 372 g/mol. The first kappa shape index (κ1) is 13.9. The summed E-state index contributed by atoms with van der Waals surface area (Å²) in [4.78, 5) is 0.310. The van der Waals surface area contributed by atoms with Crippen LogP contribution in [0, 0.1) is 5.92 Å². The van der Waals surface area contributed by atoms with Gasteiger partial charge in [0.1, 0.15) is 5.75 Å². The van der Waals surface area contributed by atoms with E-state index in [9.17, 15) is 0 Å². The van der Waals surface area contributed by atoms with E-state index in [1.54, 1.807) is 0 Å². The van der Waals surface area contributed by atoms with E-state index in [1.807, 2.05) is 0 Å². The van der Waals surface area contributed by atoms with Crippen LogP contribution in [-0.2, 0) is 11.2 Å². The van der Waals surface area contributed by atoms with Gasteiger partial charge in [-0.2, -0.15) is 0 Å². The van der Waals surface area contributed by atoms with Crippen molar-refractivity contribution < 1.29 is 9.47 Å². The molecule has 2 nitrogen and oxygen atoms in total. The van der Waals surface area contributed by atoms with E-state index < -0.39 is 0 Å². The van der Waals surface area contributed by atoms with Crippen LogP contribution in [0.3, 0.4) is 0 Å². The van der Waals surface area contributed by atoms with Crippen LogP contribution in [0.1, 0.15) is 35.7 Å². The van der Waals surface area contributed by atoms with E-state index in [0.717, 1.165) is 42.7 Å². The van der Waals surface area contributed by atoms with Gasteiger partial charge in [-0.3, -0.25) is 0 Å². The molecule has 104 valence electrons. The van der Waals surface area contributed by atoms with Crippen molar-refractivity contribution in [2.24, 2.45) is 5.92 Å². The van der Waals surface area contributed by atoms with Gasteiger partial charge in [0, 0.05) is 33.8 Å². The molecule has 3 unspecified atom stereocenters. The highest BCUT2D eigenvalue weighted by Crippen LogP contribution is 2.46. The number of halogens is 2. The number of hydrogen-bond donors (Lipinski definition) is 0. The second-order valence-electron chi connectivity index (χ2n) is 5.25. The third-order valence-corrected chi connectivity index (χ3v) is 5.74. The zero-order valence-corrected chi connectivity index (χ0v) is 14.2. The molecule has 0 spiro atoms. The molecule has 3 atom stereocenters. The van der Waals surface area contributed by atoms with Gasteiger partial charge in [-0.15, -0.1) is 0 Å². The Morgan fingerprint density at radius 1 is 1.37 bits per heavy atom. The van der Waals surface area contributed by atoms with Crippen LogP contribution in [0.25, 0.3) is 0 Å². The number of benzene rings is 1. The molecule has 1 aromatic rings. The van der Waals surface area contributed by atoms with Crippen molar-refractivity contribution in [1.82, 2.24) is 0 Å². The minimum Gasteiger partial charge on any atom is -0.493 e. The van der Waals surface area contributed by atoms with E-state index in [2.05, 4.69) is 50.9 Å². The van der Waals surface area contributed by atoms with Crippen molar-refractivity contribution in [3.05, 3.63) is 27.7 Å². The molecule has 3 rings (SSSR count). The van der Waals surface area contributed by atoms with Crippen molar-refractivity contribution in [2.45, 2.75) is 37.1 Å². The van der Waals surface area contributed by atoms with Crippen LogP contribution in [0.15, 0.2) is 16.6 Å². The second-order valence-corrected chi connectivity index (χ2v) is 7.16. The van der Waals surface area contributed by atoms with Crippen molar-refractivity contribution in [2.75, 3.05) is 13.2 Å². The summed E-state index contributed by atoms with van der Waals surface area (Å²) in [5, 5.41) is 0. The fraction of sp³-hybridized carbons (Fsp3) is 0.600. The molecule has 2 heterocycles. The predicted molar refractivity (Wildman–Crippen MR) is 83.1 cm³/mol. The zero-order valence-electron chi connectivity index (χ0n) is 11.0. The summed E-state index contributed by atoms with van der Waals surface area (Å²) in [7, 11) is 0. The van der Waals surface area contributed by atoms with E-state index >= 15 is 0 Å². The molecular formula is C15H18Br2O2. The summed E-state index contributed by atoms with van der Waals surface area (Å²) in [5.41, 5.74) is 2.59. The van der Waals surface area contributed by atoms with Gasteiger partial charge < -0.3 is 9.47 Å². The highest BCUT2D eigenvalue weighted by Gasteiger charge is 2.35. The number of fused-ring (bicyclic) bond motifs is 1. The average molecular weight is 390 g/mol. The summed E-state index contributed by atoms with van der Waals surface area (Å²) in [6.45, 7) is 3.88. The summed E-state index contributed by atoms with van der Waals surface area (Å²) in [6, 6.07) is 4.36. The van der Waals surface area contributed by atoms with Crippen molar-refractivity contribution in [1.29, 1.82) is 0 Å². The normalized spacial score (nSPS) is 27.1. The van der Waals surface area contributed by atoms with E-state index in [-0.39, 0.29) is 0 Å². The van der Waals surface area contributed by atoms with Gasteiger partial charge in [0.25, 0.3) is 0 Å². The molecule has 1 fully saturated rings. The van der Waals surface area contributed by atoms with Gasteiger partial charge in [0.05, 0.1) is 12.7 Å². The Morgan fingerprint density at radius 2 is 2.21 bits per heavy atom. The van der Waals surface area contributed by atoms with Crippen LogP contribution in [-0.4, -0.2) is 19.3 Å². The number of hydrogen-bond acceptors (Lipinski definition) is 2. The molecule has 0 amide bonds. The molecule has 0 aliphatic carbocycles. The minimum absolute atomic E-state index is 0.310. The maximum atomic E-state index is 5.84. The number of rotatable bonds is 3. The van der Waals surface area contributed by atoms with Gasteiger partial charge >= 0.3 is 0 Å². The molecule has 1 saturated heterocycles. The van der Waals surface area contributed by atoms with E-state index in [4.69, 9.17) is 9.47 Å². The fourth-order valence-electron chi connectivity index (χ4n) is 3.15. The maximum absolute atomic E-state index is 5.84. The molecule has 0 aromatic heterocycles. The average Bonchev–Trinajstić information content (AvgIpc) is 3.04. The third kappa shape index (κ3) is 2.59. The highest BCUT2D eigenvalue weighted by molar-refractivity contribution is 9.10. The number of alkyl halides is 1. The Kier molecular flexibility index (Phi) is 4.20. The first-order valence-corrected chi connectivity index (χ1v) is 8.62. The molecule has 0 radical (unpaired) electrons. The van der Waals surface area contributed by atoms with Crippen molar-refractivity contribution >= 4 is 31.9 Å². The monoisotopic (exact) mass is 388 g/mol. The van der Waals surface area contributed by atoms with Gasteiger partial charge in [-0.25, -0.2) is 0 Å². The van der Waals surface area contributed by atoms with E-state index in [1.165, 1.54) is 11.1 Å². The minimum atomic E-state index is 0.310. The number of ether oxygens (including phenoxy) is 2. The first-order valence-electron chi connectivity index (χ1n) is 6.91. The molecule has 2 aliphatic rings. The van der Waals surface area contributed by atoms with Gasteiger partial charge in [0.2, 0.25) is 0 Å². The second kappa shape index (κ2) is 5.74. The van der Waals surface area contributed by atoms with Crippen LogP contribution in [0.2, 0.25) is 0 Å². The molecule has 2 aliphatic heterocycles. The Bertz CT molecular complexity index is 475. The van der Waals surface area contributed by atoms with Gasteiger partial charge in [0.15, 0.2) is 0 Å². The standard InChI is InChI=1S/C15H18Br2O2/c1-2-13-11(4-6-18-13)14(17)12-8-10(16)7-9-3-5-19-15(9)12/h7-8,11,13-14H,2-6H2,1H3. The third-order valence-electron chi connectivity index (χ3n) is 4.11.